The molecule has 0 fully saturated rings. The van der Waals surface area contributed by atoms with Crippen LogP contribution in [0.2, 0.25) is 0 Å². The first-order chi connectivity index (χ1) is 5.22. The van der Waals surface area contributed by atoms with E-state index in [0.29, 0.717) is 5.76 Å². The summed E-state index contributed by atoms with van der Waals surface area (Å²) in [5.74, 6) is 0.374. The van der Waals surface area contributed by atoms with Crippen LogP contribution in [0, 0.1) is 0 Å². The van der Waals surface area contributed by atoms with E-state index in [-0.39, 0.29) is 0 Å². The zero-order valence-corrected chi connectivity index (χ0v) is 7.09. The van der Waals surface area contributed by atoms with E-state index in [9.17, 15) is 5.11 Å². The molecule has 0 aromatic rings. The summed E-state index contributed by atoms with van der Waals surface area (Å²) >= 11 is 0. The summed E-state index contributed by atoms with van der Waals surface area (Å²) < 4.78 is 0. The van der Waals surface area contributed by atoms with Crippen LogP contribution in [0.3, 0.4) is 0 Å². The van der Waals surface area contributed by atoms with E-state index >= 15 is 0 Å². The predicted octanol–water partition coefficient (Wildman–Crippen LogP) is 3.11. The van der Waals surface area contributed by atoms with Crippen LogP contribution in [0.15, 0.2) is 35.1 Å². The third-order valence-corrected chi connectivity index (χ3v) is 1.85. The Kier molecular flexibility index (Phi) is 2.53. The fourth-order valence-corrected chi connectivity index (χ4v) is 1.18. The number of hydrogen-bond donors (Lipinski definition) is 1. The summed E-state index contributed by atoms with van der Waals surface area (Å²) in [4.78, 5) is 0. The molecule has 0 aliphatic heterocycles. The molecule has 0 atom stereocenters. The minimum Gasteiger partial charge on any atom is -0.508 e. The van der Waals surface area contributed by atoms with Gasteiger partial charge < -0.3 is 5.11 Å². The molecule has 0 aromatic carbocycles. The van der Waals surface area contributed by atoms with Crippen LogP contribution >= 0.6 is 0 Å². The third-order valence-electron chi connectivity index (χ3n) is 1.85. The topological polar surface area (TPSA) is 20.2 Å². The maximum Gasteiger partial charge on any atom is 0.115 e. The van der Waals surface area contributed by atoms with Gasteiger partial charge in [0, 0.05) is 0 Å². The lowest BCUT2D eigenvalue weighted by Gasteiger charge is -2.01. The molecule has 0 radical (unpaired) electrons. The van der Waals surface area contributed by atoms with E-state index in [2.05, 4.69) is 13.8 Å². The minimum absolute atomic E-state index is 0.374. The van der Waals surface area contributed by atoms with Crippen LogP contribution in [0.4, 0.5) is 0 Å². The van der Waals surface area contributed by atoms with Gasteiger partial charge in [-0.3, -0.25) is 0 Å². The summed E-state index contributed by atoms with van der Waals surface area (Å²) in [6.45, 7) is 4.19. The molecule has 60 valence electrons. The number of aliphatic hydroxyl groups is 1. The Morgan fingerprint density at radius 2 is 2.18 bits per heavy atom. The highest BCUT2D eigenvalue weighted by Gasteiger charge is 2.00. The van der Waals surface area contributed by atoms with Gasteiger partial charge in [-0.2, -0.15) is 0 Å². The van der Waals surface area contributed by atoms with Crippen LogP contribution in [-0.4, -0.2) is 5.11 Å². The second-order valence-electron chi connectivity index (χ2n) is 2.94. The highest BCUT2D eigenvalue weighted by atomic mass is 16.3. The van der Waals surface area contributed by atoms with Crippen LogP contribution in [0.1, 0.15) is 26.7 Å². The van der Waals surface area contributed by atoms with E-state index in [1.54, 1.807) is 6.08 Å². The average molecular weight is 150 g/mol. The first-order valence-electron chi connectivity index (χ1n) is 3.98. The van der Waals surface area contributed by atoms with Gasteiger partial charge in [0.1, 0.15) is 5.76 Å². The van der Waals surface area contributed by atoms with Gasteiger partial charge in [-0.25, -0.2) is 0 Å². The number of aliphatic hydroxyl groups excluding tert-OH is 1. The average Bonchev–Trinajstić information content (AvgIpc) is 2.13. The molecule has 1 heteroatoms. The fraction of sp³-hybridized carbons (Fsp3) is 0.400. The smallest absolute Gasteiger partial charge is 0.115 e. The molecule has 0 saturated carbocycles. The molecule has 0 unspecified atom stereocenters. The van der Waals surface area contributed by atoms with Crippen LogP contribution in [-0.2, 0) is 0 Å². The molecule has 1 aliphatic rings. The Balaban J connectivity index is 2.86. The van der Waals surface area contributed by atoms with Crippen molar-refractivity contribution in [2.24, 2.45) is 0 Å². The van der Waals surface area contributed by atoms with Gasteiger partial charge in [0.05, 0.1) is 0 Å². The molecule has 1 N–H and O–H groups in total. The Hall–Kier alpha value is -0.980. The van der Waals surface area contributed by atoms with Crippen LogP contribution in [0.5, 0.6) is 0 Å². The second kappa shape index (κ2) is 3.42. The highest BCUT2D eigenvalue weighted by Crippen LogP contribution is 2.18. The highest BCUT2D eigenvalue weighted by molar-refractivity contribution is 5.30. The standard InChI is InChI=1S/C10H14O/c1-3-9-6-8(2)4-5-10(11)7-9/h4-5,7,11H,3,6H2,1-2H3. The van der Waals surface area contributed by atoms with Crippen molar-refractivity contribution in [3.8, 4) is 0 Å². The molecule has 0 saturated heterocycles. The van der Waals surface area contributed by atoms with Gasteiger partial charge in [0.25, 0.3) is 0 Å². The van der Waals surface area contributed by atoms with Gasteiger partial charge in [0.2, 0.25) is 0 Å². The molecule has 0 bridgehead atoms. The maximum atomic E-state index is 9.25. The van der Waals surface area contributed by atoms with Crippen molar-refractivity contribution in [2.75, 3.05) is 0 Å². The minimum atomic E-state index is 0.374. The molecule has 1 rings (SSSR count). The molecule has 11 heavy (non-hydrogen) atoms. The molecule has 0 amide bonds. The second-order valence-corrected chi connectivity index (χ2v) is 2.94. The zero-order chi connectivity index (χ0) is 8.27. The molecular formula is C10H14O. The zero-order valence-electron chi connectivity index (χ0n) is 7.09. The van der Waals surface area contributed by atoms with Crippen molar-refractivity contribution in [3.05, 3.63) is 35.1 Å². The predicted molar refractivity (Wildman–Crippen MR) is 47.5 cm³/mol. The van der Waals surface area contributed by atoms with Crippen LogP contribution in [0.25, 0.3) is 0 Å². The Morgan fingerprint density at radius 1 is 1.45 bits per heavy atom. The largest absolute Gasteiger partial charge is 0.508 e. The van der Waals surface area contributed by atoms with E-state index in [0.717, 1.165) is 12.8 Å². The first kappa shape index (κ1) is 8.12. The van der Waals surface area contributed by atoms with E-state index in [4.69, 9.17) is 0 Å². The Morgan fingerprint density at radius 3 is 2.82 bits per heavy atom. The monoisotopic (exact) mass is 150 g/mol. The molecular weight excluding hydrogens is 136 g/mol. The summed E-state index contributed by atoms with van der Waals surface area (Å²) in [6.07, 6.45) is 7.58. The molecule has 1 aliphatic carbocycles. The van der Waals surface area contributed by atoms with Crippen molar-refractivity contribution in [1.82, 2.24) is 0 Å². The fourth-order valence-electron chi connectivity index (χ4n) is 1.18. The summed E-state index contributed by atoms with van der Waals surface area (Å²) in [6, 6.07) is 0. The molecule has 0 spiro atoms. The number of rotatable bonds is 1. The summed E-state index contributed by atoms with van der Waals surface area (Å²) in [5, 5.41) is 9.25. The van der Waals surface area contributed by atoms with Crippen molar-refractivity contribution in [2.45, 2.75) is 26.7 Å². The quantitative estimate of drug-likeness (QED) is 0.609. The van der Waals surface area contributed by atoms with Crippen molar-refractivity contribution in [1.29, 1.82) is 0 Å². The van der Waals surface area contributed by atoms with E-state index in [1.165, 1.54) is 11.1 Å². The van der Waals surface area contributed by atoms with E-state index in [1.807, 2.05) is 12.2 Å². The normalized spacial score (nSPS) is 18.2. The molecule has 0 heterocycles. The van der Waals surface area contributed by atoms with Gasteiger partial charge in [-0.1, -0.05) is 24.1 Å². The van der Waals surface area contributed by atoms with Gasteiger partial charge in [-0.05, 0) is 31.9 Å². The lowest BCUT2D eigenvalue weighted by molar-refractivity contribution is 0.432. The van der Waals surface area contributed by atoms with E-state index < -0.39 is 0 Å². The van der Waals surface area contributed by atoms with Crippen molar-refractivity contribution >= 4 is 0 Å². The Bertz CT molecular complexity index is 231. The number of allylic oxidation sites excluding steroid dienone is 5. The summed E-state index contributed by atoms with van der Waals surface area (Å²) in [5.41, 5.74) is 2.60. The van der Waals surface area contributed by atoms with Gasteiger partial charge >= 0.3 is 0 Å². The van der Waals surface area contributed by atoms with Crippen molar-refractivity contribution in [3.63, 3.8) is 0 Å². The van der Waals surface area contributed by atoms with Gasteiger partial charge in [0.15, 0.2) is 0 Å². The lowest BCUT2D eigenvalue weighted by atomic mass is 10.1. The number of hydrogen-bond acceptors (Lipinski definition) is 1. The molecule has 1 nitrogen and oxygen atoms in total. The Labute approximate surface area is 67.7 Å². The maximum absolute atomic E-state index is 9.25. The van der Waals surface area contributed by atoms with Gasteiger partial charge in [-0.15, -0.1) is 0 Å². The van der Waals surface area contributed by atoms with Crippen LogP contribution < -0.4 is 0 Å². The third kappa shape index (κ3) is 2.26. The molecule has 0 aromatic heterocycles. The first-order valence-corrected chi connectivity index (χ1v) is 3.98. The lowest BCUT2D eigenvalue weighted by Crippen LogP contribution is -1.82. The van der Waals surface area contributed by atoms with Crippen molar-refractivity contribution < 1.29 is 5.11 Å². The SMILES string of the molecule is CCC1=CC(O)=CC=C(C)C1. The summed E-state index contributed by atoms with van der Waals surface area (Å²) in [7, 11) is 0.